The number of halogens is 2. The van der Waals surface area contributed by atoms with Gasteiger partial charge in [-0.1, -0.05) is 0 Å². The molecule has 0 radical (unpaired) electrons. The van der Waals surface area contributed by atoms with Crippen LogP contribution in [0.2, 0.25) is 0 Å². The molecule has 2 nitrogen and oxygen atoms in total. The first-order valence-corrected chi connectivity index (χ1v) is 4.38. The summed E-state index contributed by atoms with van der Waals surface area (Å²) in [6.45, 7) is 0. The van der Waals surface area contributed by atoms with Crippen LogP contribution in [-0.4, -0.2) is 14.2 Å². The minimum absolute atomic E-state index is 0. The first-order valence-electron chi connectivity index (χ1n) is 4.38. The summed E-state index contributed by atoms with van der Waals surface area (Å²) in [5.41, 5.74) is 0. The van der Waals surface area contributed by atoms with Crippen molar-refractivity contribution in [2.45, 2.75) is 0 Å². The van der Waals surface area contributed by atoms with E-state index in [1.54, 1.807) is 14.2 Å². The summed E-state index contributed by atoms with van der Waals surface area (Å²) >= 11 is 0. The molecular weight excluding hydrogens is 295 g/mol. The molecular formula is C12H14Cl2O2Ti. The predicted octanol–water partition coefficient (Wildman–Crippen LogP) is -3.17. The molecule has 0 fully saturated rings. The largest absolute Gasteiger partial charge is 4.00 e. The molecule has 2 rings (SSSR count). The van der Waals surface area contributed by atoms with Crippen LogP contribution in [0.25, 0.3) is 0 Å². The zero-order chi connectivity index (χ0) is 10.2. The van der Waals surface area contributed by atoms with E-state index in [0.717, 1.165) is 11.5 Å². The van der Waals surface area contributed by atoms with Gasteiger partial charge in [-0.2, -0.15) is 0 Å². The Morgan fingerprint density at radius 2 is 0.882 bits per heavy atom. The van der Waals surface area contributed by atoms with E-state index < -0.39 is 0 Å². The van der Waals surface area contributed by atoms with E-state index in [2.05, 4.69) is 0 Å². The van der Waals surface area contributed by atoms with Gasteiger partial charge in [0.05, 0.1) is 14.2 Å². The Balaban J connectivity index is -0.000000196. The van der Waals surface area contributed by atoms with Gasteiger partial charge in [-0.3, -0.25) is 0 Å². The van der Waals surface area contributed by atoms with Crippen LogP contribution < -0.4 is 34.3 Å². The standard InChI is InChI=1S/2C6H7O.2ClH.Ti/c2*1-7-6-4-2-3-5-6;;;/h2*2-5H,1H3;2*1H;/q2*-1;;;+4/p-2. The van der Waals surface area contributed by atoms with E-state index in [0.29, 0.717) is 0 Å². The minimum Gasteiger partial charge on any atom is -1.00 e. The Bertz CT molecular complexity index is 286. The van der Waals surface area contributed by atoms with Crippen LogP contribution in [0.15, 0.2) is 48.5 Å². The fraction of sp³-hybridized carbons (Fsp3) is 0.167. The van der Waals surface area contributed by atoms with Gasteiger partial charge in [0.15, 0.2) is 0 Å². The first-order chi connectivity index (χ1) is 6.86. The molecule has 0 spiro atoms. The van der Waals surface area contributed by atoms with Gasteiger partial charge in [-0.15, -0.1) is 24.3 Å². The summed E-state index contributed by atoms with van der Waals surface area (Å²) in [6, 6.07) is 15.4. The van der Waals surface area contributed by atoms with Crippen LogP contribution in [0, 0.1) is 0 Å². The first kappa shape index (κ1) is 21.8. The molecule has 5 heteroatoms. The summed E-state index contributed by atoms with van der Waals surface area (Å²) in [6.07, 6.45) is 0. The second kappa shape index (κ2) is 13.7. The summed E-state index contributed by atoms with van der Waals surface area (Å²) in [5.74, 6) is 1.86. The summed E-state index contributed by atoms with van der Waals surface area (Å²) in [4.78, 5) is 0. The Hall–Kier alpha value is -0.406. The fourth-order valence-corrected chi connectivity index (χ4v) is 0.985. The molecule has 2 aromatic carbocycles. The van der Waals surface area contributed by atoms with E-state index in [-0.39, 0.29) is 46.5 Å². The Labute approximate surface area is 130 Å². The Morgan fingerprint density at radius 3 is 1.00 bits per heavy atom. The van der Waals surface area contributed by atoms with Gasteiger partial charge < -0.3 is 34.3 Å². The van der Waals surface area contributed by atoms with Crippen molar-refractivity contribution in [3.05, 3.63) is 48.5 Å². The maximum atomic E-state index is 4.85. The van der Waals surface area contributed by atoms with E-state index in [9.17, 15) is 0 Å². The van der Waals surface area contributed by atoms with Crippen molar-refractivity contribution < 1.29 is 56.0 Å². The number of ether oxygens (including phenoxy) is 2. The number of rotatable bonds is 2. The SMILES string of the molecule is CO[c-]1cccc1.CO[c-]1cccc1.[Cl-].[Cl-].[Ti+4]. The van der Waals surface area contributed by atoms with Crippen LogP contribution in [0.5, 0.6) is 11.5 Å². The molecule has 92 valence electrons. The van der Waals surface area contributed by atoms with E-state index in [1.807, 2.05) is 48.5 Å². The van der Waals surface area contributed by atoms with E-state index >= 15 is 0 Å². The van der Waals surface area contributed by atoms with Crippen molar-refractivity contribution in [2.75, 3.05) is 14.2 Å². The summed E-state index contributed by atoms with van der Waals surface area (Å²) in [7, 11) is 3.32. The van der Waals surface area contributed by atoms with Gasteiger partial charge in [0.1, 0.15) is 0 Å². The molecule has 0 N–H and O–H groups in total. The van der Waals surface area contributed by atoms with E-state index in [4.69, 9.17) is 9.47 Å². The monoisotopic (exact) mass is 308 g/mol. The van der Waals surface area contributed by atoms with Crippen molar-refractivity contribution in [3.63, 3.8) is 0 Å². The van der Waals surface area contributed by atoms with Gasteiger partial charge in [0.25, 0.3) is 0 Å². The average molecular weight is 309 g/mol. The zero-order valence-corrected chi connectivity index (χ0v) is 12.8. The zero-order valence-electron chi connectivity index (χ0n) is 9.69. The summed E-state index contributed by atoms with van der Waals surface area (Å²) < 4.78 is 9.71. The Kier molecular flexibility index (Phi) is 17.5. The third-order valence-corrected chi connectivity index (χ3v) is 1.74. The van der Waals surface area contributed by atoms with Crippen LogP contribution in [0.4, 0.5) is 0 Å². The number of hydrogen-bond donors (Lipinski definition) is 0. The van der Waals surface area contributed by atoms with Gasteiger partial charge in [0.2, 0.25) is 0 Å². The second-order valence-corrected chi connectivity index (χ2v) is 2.65. The predicted molar refractivity (Wildman–Crippen MR) is 57.2 cm³/mol. The molecule has 0 aliphatic carbocycles. The van der Waals surface area contributed by atoms with Crippen molar-refractivity contribution in [1.82, 2.24) is 0 Å². The van der Waals surface area contributed by atoms with Crippen molar-refractivity contribution in [3.8, 4) is 11.5 Å². The topological polar surface area (TPSA) is 18.5 Å². The smallest absolute Gasteiger partial charge is 1.00 e. The molecule has 0 amide bonds. The molecule has 0 bridgehead atoms. The van der Waals surface area contributed by atoms with Crippen LogP contribution in [-0.2, 0) is 21.7 Å². The fourth-order valence-electron chi connectivity index (χ4n) is 0.985. The van der Waals surface area contributed by atoms with Crippen molar-refractivity contribution >= 4 is 0 Å². The van der Waals surface area contributed by atoms with Gasteiger partial charge in [0, 0.05) is 11.5 Å². The maximum absolute atomic E-state index is 4.85. The second-order valence-electron chi connectivity index (χ2n) is 2.65. The Morgan fingerprint density at radius 1 is 0.647 bits per heavy atom. The van der Waals surface area contributed by atoms with Crippen molar-refractivity contribution in [1.29, 1.82) is 0 Å². The molecule has 0 saturated heterocycles. The quantitative estimate of drug-likeness (QED) is 0.431. The van der Waals surface area contributed by atoms with Gasteiger partial charge in [-0.05, 0) is 0 Å². The summed E-state index contributed by atoms with van der Waals surface area (Å²) in [5, 5.41) is 0. The average Bonchev–Trinajstić information content (AvgIpc) is 2.92. The van der Waals surface area contributed by atoms with Gasteiger partial charge in [-0.25, -0.2) is 24.3 Å². The van der Waals surface area contributed by atoms with Crippen LogP contribution in [0.3, 0.4) is 0 Å². The molecule has 0 unspecified atom stereocenters. The normalized spacial score (nSPS) is 7.18. The maximum Gasteiger partial charge on any atom is 4.00 e. The molecule has 2 aromatic rings. The molecule has 0 aromatic heterocycles. The molecule has 0 atom stereocenters. The van der Waals surface area contributed by atoms with Crippen LogP contribution in [0.1, 0.15) is 0 Å². The molecule has 0 aliphatic rings. The van der Waals surface area contributed by atoms with E-state index in [1.165, 1.54) is 0 Å². The van der Waals surface area contributed by atoms with Crippen LogP contribution >= 0.6 is 0 Å². The van der Waals surface area contributed by atoms with Gasteiger partial charge >= 0.3 is 21.7 Å². The number of methoxy groups -OCH3 is 2. The molecule has 0 aliphatic heterocycles. The molecule has 0 saturated carbocycles. The minimum atomic E-state index is 0. The number of hydrogen-bond acceptors (Lipinski definition) is 2. The third kappa shape index (κ3) is 9.31. The third-order valence-electron chi connectivity index (χ3n) is 1.74. The van der Waals surface area contributed by atoms with Crippen molar-refractivity contribution in [2.24, 2.45) is 0 Å². The molecule has 0 heterocycles. The molecule has 17 heavy (non-hydrogen) atoms.